The summed E-state index contributed by atoms with van der Waals surface area (Å²) >= 11 is 5.95. The molecule has 0 aromatic heterocycles. The molecular weight excluding hydrogens is 406 g/mol. The summed E-state index contributed by atoms with van der Waals surface area (Å²) in [5.74, 6) is -0.182. The summed E-state index contributed by atoms with van der Waals surface area (Å²) in [5.41, 5.74) is 0.305. The van der Waals surface area contributed by atoms with Crippen molar-refractivity contribution in [2.75, 3.05) is 19.6 Å². The van der Waals surface area contributed by atoms with Gasteiger partial charge in [-0.15, -0.1) is 0 Å². The number of piperidine rings is 1. The molecule has 0 spiro atoms. The van der Waals surface area contributed by atoms with E-state index < -0.39 is 11.7 Å². The van der Waals surface area contributed by atoms with Crippen LogP contribution in [0.15, 0.2) is 30.3 Å². The van der Waals surface area contributed by atoms with Gasteiger partial charge in [-0.2, -0.15) is 0 Å². The molecule has 0 radical (unpaired) electrons. The second-order valence-electron chi connectivity index (χ2n) is 8.23. The number of carbonyl (C=O) groups excluding carboxylic acids is 3. The van der Waals surface area contributed by atoms with Gasteiger partial charge in [0.2, 0.25) is 11.8 Å². The van der Waals surface area contributed by atoms with Crippen molar-refractivity contribution >= 4 is 35.6 Å². The Morgan fingerprint density at radius 1 is 1.23 bits per heavy atom. The molecule has 3 amide bonds. The van der Waals surface area contributed by atoms with Crippen LogP contribution < -0.4 is 10.6 Å². The Kier molecular flexibility index (Phi) is 8.72. The van der Waals surface area contributed by atoms with Crippen molar-refractivity contribution in [1.82, 2.24) is 15.5 Å². The summed E-state index contributed by atoms with van der Waals surface area (Å²) in [6.07, 6.45) is 4.34. The van der Waals surface area contributed by atoms with Gasteiger partial charge in [0, 0.05) is 43.2 Å². The molecule has 0 saturated carbocycles. The highest BCUT2D eigenvalue weighted by molar-refractivity contribution is 6.30. The molecule has 2 N–H and O–H groups in total. The largest absolute Gasteiger partial charge is 0.444 e. The van der Waals surface area contributed by atoms with Crippen LogP contribution in [0.5, 0.6) is 0 Å². The molecule has 1 aliphatic heterocycles. The van der Waals surface area contributed by atoms with Crippen molar-refractivity contribution in [2.24, 2.45) is 0 Å². The van der Waals surface area contributed by atoms with Gasteiger partial charge in [-0.05, 0) is 57.4 Å². The lowest BCUT2D eigenvalue weighted by molar-refractivity contribution is -0.127. The molecule has 1 fully saturated rings. The lowest BCUT2D eigenvalue weighted by Crippen LogP contribution is -2.46. The molecule has 1 heterocycles. The van der Waals surface area contributed by atoms with Crippen molar-refractivity contribution < 1.29 is 19.1 Å². The first-order chi connectivity index (χ1) is 14.1. The number of rotatable bonds is 6. The molecule has 1 aromatic carbocycles. The number of nitrogens with one attached hydrogen (secondary N) is 2. The number of amides is 3. The topological polar surface area (TPSA) is 87.7 Å². The lowest BCUT2D eigenvalue weighted by atomic mass is 10.0. The van der Waals surface area contributed by atoms with Gasteiger partial charge < -0.3 is 20.3 Å². The fraction of sp³-hybridized carbons (Fsp3) is 0.500. The van der Waals surface area contributed by atoms with Crippen LogP contribution in [0.1, 0.15) is 45.6 Å². The maximum Gasteiger partial charge on any atom is 0.407 e. The first kappa shape index (κ1) is 23.7. The number of hydrogen-bond acceptors (Lipinski definition) is 4. The third kappa shape index (κ3) is 8.86. The molecule has 2 rings (SSSR count). The third-order valence-corrected chi connectivity index (χ3v) is 4.69. The highest BCUT2D eigenvalue weighted by Crippen LogP contribution is 2.14. The number of ether oxygens (including phenoxy) is 1. The van der Waals surface area contributed by atoms with Crippen LogP contribution in [0.3, 0.4) is 0 Å². The van der Waals surface area contributed by atoms with E-state index in [-0.39, 0.29) is 30.8 Å². The zero-order valence-corrected chi connectivity index (χ0v) is 18.5. The van der Waals surface area contributed by atoms with Crippen molar-refractivity contribution in [3.05, 3.63) is 40.9 Å². The number of alkyl carbamates (subject to hydrolysis) is 1. The van der Waals surface area contributed by atoms with Crippen LogP contribution in [-0.2, 0) is 14.3 Å². The molecule has 0 aliphatic carbocycles. The van der Waals surface area contributed by atoms with Crippen LogP contribution in [0.2, 0.25) is 5.02 Å². The first-order valence-corrected chi connectivity index (χ1v) is 10.5. The molecule has 1 aromatic rings. The maximum absolute atomic E-state index is 12.4. The Bertz CT molecular complexity index is 781. The Morgan fingerprint density at radius 3 is 2.57 bits per heavy atom. The van der Waals surface area contributed by atoms with Gasteiger partial charge in [-0.25, -0.2) is 4.79 Å². The number of carbonyl (C=O) groups is 3. The Balaban J connectivity index is 1.67. The molecule has 0 atom stereocenters. The van der Waals surface area contributed by atoms with Crippen molar-refractivity contribution in [2.45, 2.75) is 51.7 Å². The summed E-state index contributed by atoms with van der Waals surface area (Å²) < 4.78 is 5.13. The minimum Gasteiger partial charge on any atom is -0.444 e. The number of hydrogen-bond donors (Lipinski definition) is 2. The van der Waals surface area contributed by atoms with E-state index in [9.17, 15) is 14.4 Å². The van der Waals surface area contributed by atoms with E-state index >= 15 is 0 Å². The van der Waals surface area contributed by atoms with E-state index in [0.717, 1.165) is 5.56 Å². The van der Waals surface area contributed by atoms with Crippen LogP contribution >= 0.6 is 11.6 Å². The summed E-state index contributed by atoms with van der Waals surface area (Å²) in [5, 5.41) is 6.16. The zero-order chi connectivity index (χ0) is 22.1. The SMILES string of the molecule is CC(C)(C)OC(=O)NCCC(=O)NC1CCN(C(=O)/C=C/c2cccc(Cl)c2)CC1. The molecular formula is C22H30ClN3O4. The van der Waals surface area contributed by atoms with Gasteiger partial charge in [-0.3, -0.25) is 9.59 Å². The summed E-state index contributed by atoms with van der Waals surface area (Å²) in [7, 11) is 0. The van der Waals surface area contributed by atoms with Crippen molar-refractivity contribution in [3.8, 4) is 0 Å². The van der Waals surface area contributed by atoms with Crippen LogP contribution in [0.4, 0.5) is 4.79 Å². The average molecular weight is 436 g/mol. The molecule has 0 bridgehead atoms. The molecule has 30 heavy (non-hydrogen) atoms. The lowest BCUT2D eigenvalue weighted by Gasteiger charge is -2.31. The highest BCUT2D eigenvalue weighted by atomic mass is 35.5. The third-order valence-electron chi connectivity index (χ3n) is 4.46. The Hall–Kier alpha value is -2.54. The van der Waals surface area contributed by atoms with E-state index in [1.807, 2.05) is 12.1 Å². The quantitative estimate of drug-likeness (QED) is 0.670. The van der Waals surface area contributed by atoms with Crippen LogP contribution in [0, 0.1) is 0 Å². The predicted octanol–water partition coefficient (Wildman–Crippen LogP) is 3.38. The van der Waals surface area contributed by atoms with Crippen LogP contribution in [0.25, 0.3) is 6.08 Å². The highest BCUT2D eigenvalue weighted by Gasteiger charge is 2.23. The van der Waals surface area contributed by atoms with Crippen molar-refractivity contribution in [1.29, 1.82) is 0 Å². The van der Waals surface area contributed by atoms with Gasteiger partial charge in [0.1, 0.15) is 5.60 Å². The van der Waals surface area contributed by atoms with E-state index in [4.69, 9.17) is 16.3 Å². The fourth-order valence-electron chi connectivity index (χ4n) is 3.02. The maximum atomic E-state index is 12.4. The molecule has 8 heteroatoms. The van der Waals surface area contributed by atoms with Gasteiger partial charge >= 0.3 is 6.09 Å². The standard InChI is InChI=1S/C22H30ClN3O4/c1-22(2,3)30-21(29)24-12-9-19(27)25-18-10-13-26(14-11-18)20(28)8-7-16-5-4-6-17(23)15-16/h4-8,15,18H,9-14H2,1-3H3,(H,24,29)(H,25,27)/b8-7+. The first-order valence-electron chi connectivity index (χ1n) is 10.1. The van der Waals surface area contributed by atoms with E-state index in [2.05, 4.69) is 10.6 Å². The van der Waals surface area contributed by atoms with E-state index in [1.165, 1.54) is 0 Å². The van der Waals surface area contributed by atoms with Crippen LogP contribution in [-0.4, -0.2) is 54.1 Å². The number of benzene rings is 1. The summed E-state index contributed by atoms with van der Waals surface area (Å²) in [4.78, 5) is 37.8. The number of halogens is 1. The molecule has 1 aliphatic rings. The molecule has 1 saturated heterocycles. The monoisotopic (exact) mass is 435 g/mol. The van der Waals surface area contributed by atoms with Gasteiger partial charge in [0.05, 0.1) is 0 Å². The predicted molar refractivity (Wildman–Crippen MR) is 117 cm³/mol. The molecule has 7 nitrogen and oxygen atoms in total. The second-order valence-corrected chi connectivity index (χ2v) is 8.67. The summed E-state index contributed by atoms with van der Waals surface area (Å²) in [6, 6.07) is 7.33. The van der Waals surface area contributed by atoms with Crippen molar-refractivity contribution in [3.63, 3.8) is 0 Å². The molecule has 164 valence electrons. The number of nitrogens with zero attached hydrogens (tertiary/aromatic N) is 1. The fourth-order valence-corrected chi connectivity index (χ4v) is 3.22. The van der Waals surface area contributed by atoms with E-state index in [1.54, 1.807) is 50.0 Å². The normalized spacial score (nSPS) is 15.1. The van der Waals surface area contributed by atoms with Gasteiger partial charge in [-0.1, -0.05) is 23.7 Å². The smallest absolute Gasteiger partial charge is 0.407 e. The van der Waals surface area contributed by atoms with Gasteiger partial charge in [0.15, 0.2) is 0 Å². The minimum absolute atomic E-state index is 0.0278. The average Bonchev–Trinajstić information content (AvgIpc) is 2.65. The minimum atomic E-state index is -0.568. The Morgan fingerprint density at radius 2 is 1.93 bits per heavy atom. The second kappa shape index (κ2) is 11.0. The number of likely N-dealkylation sites (tertiary alicyclic amines) is 1. The van der Waals surface area contributed by atoms with Gasteiger partial charge in [0.25, 0.3) is 0 Å². The van der Waals surface area contributed by atoms with E-state index in [0.29, 0.717) is 31.0 Å². The Labute approximate surface area is 182 Å². The zero-order valence-electron chi connectivity index (χ0n) is 17.7. The molecule has 0 unspecified atom stereocenters. The summed E-state index contributed by atoms with van der Waals surface area (Å²) in [6.45, 7) is 6.72.